The molecule has 2 heterocycles. The molecule has 2 aromatic rings. The number of piperidine rings is 1. The number of guanidine groups is 1. The van der Waals surface area contributed by atoms with Crippen molar-refractivity contribution in [2.24, 2.45) is 16.5 Å². The lowest BCUT2D eigenvalue weighted by Crippen LogP contribution is -2.44. The molecular formula is C27H36N6O3. The molecule has 2 aliphatic rings. The van der Waals surface area contributed by atoms with E-state index in [2.05, 4.69) is 38.3 Å². The minimum atomic E-state index is -1.06. The molecule has 0 aliphatic carbocycles. The first-order chi connectivity index (χ1) is 17.4. The van der Waals surface area contributed by atoms with E-state index >= 15 is 0 Å². The van der Waals surface area contributed by atoms with Crippen molar-refractivity contribution >= 4 is 23.5 Å². The lowest BCUT2D eigenvalue weighted by Gasteiger charge is -2.38. The quantitative estimate of drug-likeness (QED) is 0.324. The Kier molecular flexibility index (Phi) is 8.56. The van der Waals surface area contributed by atoms with Crippen LogP contribution in [0.2, 0.25) is 0 Å². The average molecular weight is 493 g/mol. The standard InChI is InChI=1S/C27H36N6O3/c28-23(26(35)36)17-19-7-9-20(10-8-19)25(34)31-27(29)30-18-21-5-1-2-6-24(21)33-15-11-22(12-16-33)32-13-3-4-14-32/h1-2,5-10,22-23H,3-4,11-18,28H2,(H,35,36)(H3,29,30,31,34). The Morgan fingerprint density at radius 3 is 2.36 bits per heavy atom. The molecule has 9 nitrogen and oxygen atoms in total. The highest BCUT2D eigenvalue weighted by molar-refractivity contribution is 6.02. The Balaban J connectivity index is 1.32. The predicted octanol–water partition coefficient (Wildman–Crippen LogP) is 1.95. The SMILES string of the molecule is NC(=NC(=O)c1ccc(CC(N)C(=O)O)cc1)NCc1ccccc1N1CCC(N2CCCC2)CC1. The molecule has 0 radical (unpaired) electrons. The maximum atomic E-state index is 12.5. The van der Waals surface area contributed by atoms with Gasteiger partial charge in [-0.3, -0.25) is 9.59 Å². The van der Waals surface area contributed by atoms with Crippen molar-refractivity contribution in [2.75, 3.05) is 31.1 Å². The van der Waals surface area contributed by atoms with E-state index < -0.39 is 17.9 Å². The van der Waals surface area contributed by atoms with Crippen molar-refractivity contribution in [3.8, 4) is 0 Å². The molecule has 6 N–H and O–H groups in total. The molecule has 192 valence electrons. The summed E-state index contributed by atoms with van der Waals surface area (Å²) >= 11 is 0. The number of likely N-dealkylation sites (tertiary alicyclic amines) is 1. The van der Waals surface area contributed by atoms with Crippen LogP contribution < -0.4 is 21.7 Å². The highest BCUT2D eigenvalue weighted by Gasteiger charge is 2.27. The number of para-hydroxylation sites is 1. The number of nitrogens with two attached hydrogens (primary N) is 2. The Hall–Kier alpha value is -3.43. The summed E-state index contributed by atoms with van der Waals surface area (Å²) in [6.07, 6.45) is 5.20. The molecule has 1 amide bonds. The van der Waals surface area contributed by atoms with Crippen LogP contribution in [0.1, 0.15) is 47.2 Å². The maximum absolute atomic E-state index is 12.5. The number of aliphatic carboxylic acids is 1. The Morgan fingerprint density at radius 1 is 1.03 bits per heavy atom. The highest BCUT2D eigenvalue weighted by Crippen LogP contribution is 2.27. The van der Waals surface area contributed by atoms with Gasteiger partial charge in [-0.25, -0.2) is 0 Å². The fourth-order valence-corrected chi connectivity index (χ4v) is 5.07. The van der Waals surface area contributed by atoms with Gasteiger partial charge >= 0.3 is 5.97 Å². The number of nitrogens with one attached hydrogen (secondary N) is 1. The van der Waals surface area contributed by atoms with E-state index in [1.807, 2.05) is 6.07 Å². The van der Waals surface area contributed by atoms with E-state index in [0.29, 0.717) is 18.2 Å². The minimum absolute atomic E-state index is 0.0551. The summed E-state index contributed by atoms with van der Waals surface area (Å²) in [7, 11) is 0. The molecule has 1 atom stereocenters. The van der Waals surface area contributed by atoms with Crippen LogP contribution >= 0.6 is 0 Å². The molecule has 2 saturated heterocycles. The summed E-state index contributed by atoms with van der Waals surface area (Å²) in [6.45, 7) is 5.02. The van der Waals surface area contributed by atoms with Gasteiger partial charge in [0.05, 0.1) is 0 Å². The zero-order valence-corrected chi connectivity index (χ0v) is 20.6. The number of carbonyl (C=O) groups is 2. The summed E-state index contributed by atoms with van der Waals surface area (Å²) in [6, 6.07) is 14.6. The van der Waals surface area contributed by atoms with Gasteiger partial charge in [0.2, 0.25) is 0 Å². The van der Waals surface area contributed by atoms with E-state index in [-0.39, 0.29) is 12.4 Å². The van der Waals surface area contributed by atoms with Crippen molar-refractivity contribution < 1.29 is 14.7 Å². The molecule has 1 unspecified atom stereocenters. The van der Waals surface area contributed by atoms with Crippen molar-refractivity contribution in [3.05, 3.63) is 65.2 Å². The Bertz CT molecular complexity index is 1070. The number of benzene rings is 2. The minimum Gasteiger partial charge on any atom is -0.480 e. The Morgan fingerprint density at radius 2 is 1.69 bits per heavy atom. The van der Waals surface area contributed by atoms with Gasteiger partial charge in [0.15, 0.2) is 5.96 Å². The number of carboxylic acid groups (broad SMARTS) is 1. The number of anilines is 1. The van der Waals surface area contributed by atoms with Crippen LogP contribution in [0.15, 0.2) is 53.5 Å². The molecule has 0 aromatic heterocycles. The first-order valence-electron chi connectivity index (χ1n) is 12.7. The molecule has 2 aromatic carbocycles. The molecule has 0 saturated carbocycles. The molecule has 0 spiro atoms. The summed E-state index contributed by atoms with van der Waals surface area (Å²) in [4.78, 5) is 32.5. The fraction of sp³-hybridized carbons (Fsp3) is 0.444. The summed E-state index contributed by atoms with van der Waals surface area (Å²) in [5, 5.41) is 12.0. The van der Waals surface area contributed by atoms with Crippen LogP contribution in [-0.4, -0.2) is 66.1 Å². The number of rotatable bonds is 8. The van der Waals surface area contributed by atoms with Gasteiger partial charge in [-0.15, -0.1) is 0 Å². The van der Waals surface area contributed by atoms with E-state index in [4.69, 9.17) is 16.6 Å². The van der Waals surface area contributed by atoms with E-state index in [1.54, 1.807) is 24.3 Å². The third-order valence-electron chi connectivity index (χ3n) is 7.11. The second kappa shape index (κ2) is 12.0. The normalized spacial score (nSPS) is 18.2. The number of carboxylic acids is 1. The number of hydrogen-bond donors (Lipinski definition) is 4. The van der Waals surface area contributed by atoms with Crippen molar-refractivity contribution in [2.45, 2.75) is 50.7 Å². The number of carbonyl (C=O) groups excluding carboxylic acids is 1. The summed E-state index contributed by atoms with van der Waals surface area (Å²) in [5.74, 6) is -1.47. The number of nitrogens with zero attached hydrogens (tertiary/aromatic N) is 3. The van der Waals surface area contributed by atoms with Gasteiger partial charge < -0.3 is 31.7 Å². The molecular weight excluding hydrogens is 456 g/mol. The highest BCUT2D eigenvalue weighted by atomic mass is 16.4. The molecule has 9 heteroatoms. The number of aliphatic imine (C=N–C) groups is 1. The third kappa shape index (κ3) is 6.61. The summed E-state index contributed by atoms with van der Waals surface area (Å²) in [5.41, 5.74) is 15.0. The predicted molar refractivity (Wildman–Crippen MR) is 141 cm³/mol. The van der Waals surface area contributed by atoms with Crippen molar-refractivity contribution in [1.82, 2.24) is 10.2 Å². The van der Waals surface area contributed by atoms with E-state index in [0.717, 1.165) is 24.2 Å². The first-order valence-corrected chi connectivity index (χ1v) is 12.7. The van der Waals surface area contributed by atoms with Crippen LogP contribution in [0, 0.1) is 0 Å². The van der Waals surface area contributed by atoms with E-state index in [1.165, 1.54) is 44.5 Å². The molecule has 0 bridgehead atoms. The third-order valence-corrected chi connectivity index (χ3v) is 7.11. The smallest absolute Gasteiger partial charge is 0.320 e. The van der Waals surface area contributed by atoms with Crippen LogP contribution in [0.3, 0.4) is 0 Å². The van der Waals surface area contributed by atoms with Crippen LogP contribution in [0.4, 0.5) is 5.69 Å². The Labute approximate surface area is 212 Å². The van der Waals surface area contributed by atoms with E-state index in [9.17, 15) is 9.59 Å². The average Bonchev–Trinajstić information content (AvgIpc) is 3.43. The second-order valence-corrected chi connectivity index (χ2v) is 9.59. The maximum Gasteiger partial charge on any atom is 0.320 e. The monoisotopic (exact) mass is 492 g/mol. The molecule has 4 rings (SSSR count). The van der Waals surface area contributed by atoms with Crippen LogP contribution in [0.5, 0.6) is 0 Å². The van der Waals surface area contributed by atoms with Gasteiger partial charge in [-0.05, 0) is 74.5 Å². The zero-order chi connectivity index (χ0) is 25.5. The largest absolute Gasteiger partial charge is 0.480 e. The first kappa shape index (κ1) is 25.7. The molecule has 2 aliphatic heterocycles. The number of hydrogen-bond acceptors (Lipinski definition) is 5. The lowest BCUT2D eigenvalue weighted by molar-refractivity contribution is -0.138. The second-order valence-electron chi connectivity index (χ2n) is 9.59. The van der Waals surface area contributed by atoms with Gasteiger partial charge in [-0.1, -0.05) is 30.3 Å². The number of amides is 1. The van der Waals surface area contributed by atoms with Gasteiger partial charge in [0.25, 0.3) is 5.91 Å². The lowest BCUT2D eigenvalue weighted by atomic mass is 10.0. The van der Waals surface area contributed by atoms with Gasteiger partial charge in [0.1, 0.15) is 6.04 Å². The van der Waals surface area contributed by atoms with Gasteiger partial charge in [-0.2, -0.15) is 4.99 Å². The zero-order valence-electron chi connectivity index (χ0n) is 20.6. The molecule has 2 fully saturated rings. The topological polar surface area (TPSA) is 137 Å². The van der Waals surface area contributed by atoms with Crippen molar-refractivity contribution in [1.29, 1.82) is 0 Å². The van der Waals surface area contributed by atoms with Crippen LogP contribution in [0.25, 0.3) is 0 Å². The van der Waals surface area contributed by atoms with Crippen molar-refractivity contribution in [3.63, 3.8) is 0 Å². The summed E-state index contributed by atoms with van der Waals surface area (Å²) < 4.78 is 0. The fourth-order valence-electron chi connectivity index (χ4n) is 5.07. The van der Waals surface area contributed by atoms with Crippen LogP contribution in [-0.2, 0) is 17.8 Å². The molecule has 36 heavy (non-hydrogen) atoms. The van der Waals surface area contributed by atoms with Gasteiger partial charge in [0, 0.05) is 36.9 Å².